The highest BCUT2D eigenvalue weighted by atomic mass is 16.5. The summed E-state index contributed by atoms with van der Waals surface area (Å²) in [7, 11) is 1.83. The largest absolute Gasteiger partial charge is 0.379 e. The van der Waals surface area contributed by atoms with Gasteiger partial charge in [-0.25, -0.2) is 0 Å². The van der Waals surface area contributed by atoms with E-state index in [0.29, 0.717) is 24.9 Å². The molecule has 1 unspecified atom stereocenters. The number of hydrogen-bond donors (Lipinski definition) is 1. The quantitative estimate of drug-likeness (QED) is 0.789. The molecule has 2 rings (SSSR count). The molecule has 2 heterocycles. The SMILES string of the molecule is CCCOCC(N)c1noc(-c2cc(C)nn2C)n1. The fourth-order valence-electron chi connectivity index (χ4n) is 1.73. The van der Waals surface area contributed by atoms with Gasteiger partial charge in [0.1, 0.15) is 5.69 Å². The lowest BCUT2D eigenvalue weighted by Crippen LogP contribution is -2.18. The Bertz CT molecular complexity index is 534. The molecule has 0 aliphatic heterocycles. The van der Waals surface area contributed by atoms with Gasteiger partial charge in [0.25, 0.3) is 5.89 Å². The average molecular weight is 265 g/mol. The highest BCUT2D eigenvalue weighted by Gasteiger charge is 2.17. The molecule has 0 spiro atoms. The smallest absolute Gasteiger partial charge is 0.276 e. The minimum absolute atomic E-state index is 0.377. The number of rotatable bonds is 6. The molecule has 0 amide bonds. The van der Waals surface area contributed by atoms with E-state index in [1.165, 1.54) is 0 Å². The summed E-state index contributed by atoms with van der Waals surface area (Å²) >= 11 is 0. The fraction of sp³-hybridized carbons (Fsp3) is 0.583. The Labute approximate surface area is 111 Å². The van der Waals surface area contributed by atoms with Crippen LogP contribution in [-0.4, -0.2) is 33.1 Å². The van der Waals surface area contributed by atoms with E-state index in [9.17, 15) is 0 Å². The number of nitrogens with two attached hydrogens (primary N) is 1. The Balaban J connectivity index is 2.08. The van der Waals surface area contributed by atoms with Crippen LogP contribution in [0.3, 0.4) is 0 Å². The van der Waals surface area contributed by atoms with Crippen LogP contribution >= 0.6 is 0 Å². The highest BCUT2D eigenvalue weighted by Crippen LogP contribution is 2.19. The van der Waals surface area contributed by atoms with Crippen LogP contribution in [0.15, 0.2) is 10.6 Å². The second-order valence-corrected chi connectivity index (χ2v) is 4.43. The lowest BCUT2D eigenvalue weighted by molar-refractivity contribution is 0.119. The molecule has 0 saturated carbocycles. The van der Waals surface area contributed by atoms with Crippen LogP contribution in [0.1, 0.15) is 30.9 Å². The molecule has 104 valence electrons. The molecule has 2 aromatic heterocycles. The van der Waals surface area contributed by atoms with Crippen molar-refractivity contribution in [2.24, 2.45) is 12.8 Å². The van der Waals surface area contributed by atoms with Crippen molar-refractivity contribution in [3.63, 3.8) is 0 Å². The van der Waals surface area contributed by atoms with E-state index in [1.54, 1.807) is 4.68 Å². The van der Waals surface area contributed by atoms with Gasteiger partial charge in [-0.3, -0.25) is 4.68 Å². The van der Waals surface area contributed by atoms with Crippen molar-refractivity contribution < 1.29 is 9.26 Å². The number of ether oxygens (including phenoxy) is 1. The first-order valence-electron chi connectivity index (χ1n) is 6.29. The van der Waals surface area contributed by atoms with Gasteiger partial charge in [-0.05, 0) is 19.4 Å². The van der Waals surface area contributed by atoms with E-state index in [-0.39, 0.29) is 6.04 Å². The minimum Gasteiger partial charge on any atom is -0.379 e. The molecule has 0 aromatic carbocycles. The summed E-state index contributed by atoms with van der Waals surface area (Å²) in [5.74, 6) is 0.869. The van der Waals surface area contributed by atoms with E-state index in [4.69, 9.17) is 15.0 Å². The van der Waals surface area contributed by atoms with Crippen LogP contribution in [0, 0.1) is 6.92 Å². The monoisotopic (exact) mass is 265 g/mol. The van der Waals surface area contributed by atoms with Gasteiger partial charge in [0.15, 0.2) is 5.82 Å². The lowest BCUT2D eigenvalue weighted by Gasteiger charge is -2.06. The first-order valence-corrected chi connectivity index (χ1v) is 6.29. The summed E-state index contributed by atoms with van der Waals surface area (Å²) in [4.78, 5) is 4.29. The normalized spacial score (nSPS) is 12.8. The van der Waals surface area contributed by atoms with Gasteiger partial charge in [-0.15, -0.1) is 0 Å². The van der Waals surface area contributed by atoms with Gasteiger partial charge in [-0.2, -0.15) is 10.1 Å². The highest BCUT2D eigenvalue weighted by molar-refractivity contribution is 5.47. The molecular weight excluding hydrogens is 246 g/mol. The molecule has 0 saturated heterocycles. The third-order valence-electron chi connectivity index (χ3n) is 2.64. The van der Waals surface area contributed by atoms with Crippen molar-refractivity contribution in [3.8, 4) is 11.6 Å². The van der Waals surface area contributed by atoms with Crippen molar-refractivity contribution in [1.29, 1.82) is 0 Å². The van der Waals surface area contributed by atoms with Crippen molar-refractivity contribution in [3.05, 3.63) is 17.6 Å². The predicted molar refractivity (Wildman–Crippen MR) is 69.3 cm³/mol. The maximum atomic E-state index is 5.94. The van der Waals surface area contributed by atoms with Gasteiger partial charge >= 0.3 is 0 Å². The van der Waals surface area contributed by atoms with Crippen LogP contribution in [0.25, 0.3) is 11.6 Å². The molecule has 0 fully saturated rings. The Morgan fingerprint density at radius 2 is 2.32 bits per heavy atom. The molecule has 0 radical (unpaired) electrons. The zero-order valence-electron chi connectivity index (χ0n) is 11.5. The molecule has 2 aromatic rings. The molecule has 2 N–H and O–H groups in total. The molecule has 7 nitrogen and oxygen atoms in total. The number of aromatic nitrogens is 4. The number of nitrogens with zero attached hydrogens (tertiary/aromatic N) is 4. The lowest BCUT2D eigenvalue weighted by atomic mass is 10.3. The molecule has 0 aliphatic rings. The van der Waals surface area contributed by atoms with E-state index < -0.39 is 0 Å². The van der Waals surface area contributed by atoms with Crippen LogP contribution in [0.4, 0.5) is 0 Å². The Kier molecular flexibility index (Phi) is 4.28. The van der Waals surface area contributed by atoms with Crippen LogP contribution in [0.2, 0.25) is 0 Å². The second kappa shape index (κ2) is 5.94. The van der Waals surface area contributed by atoms with Gasteiger partial charge in [0.05, 0.1) is 18.3 Å². The maximum absolute atomic E-state index is 5.94. The van der Waals surface area contributed by atoms with Crippen molar-refractivity contribution in [2.75, 3.05) is 13.2 Å². The molecule has 0 bridgehead atoms. The Morgan fingerprint density at radius 1 is 1.53 bits per heavy atom. The number of hydrogen-bond acceptors (Lipinski definition) is 6. The third kappa shape index (κ3) is 3.18. The standard InChI is InChI=1S/C12H19N5O2/c1-4-5-18-7-9(13)11-14-12(19-16-11)10-6-8(2)15-17(10)3/h6,9H,4-5,7,13H2,1-3H3. The van der Waals surface area contributed by atoms with Gasteiger partial charge < -0.3 is 15.0 Å². The Morgan fingerprint density at radius 3 is 2.95 bits per heavy atom. The third-order valence-corrected chi connectivity index (χ3v) is 2.64. The van der Waals surface area contributed by atoms with E-state index >= 15 is 0 Å². The van der Waals surface area contributed by atoms with Crippen LogP contribution < -0.4 is 5.73 Å². The van der Waals surface area contributed by atoms with Crippen molar-refractivity contribution >= 4 is 0 Å². The Hall–Kier alpha value is -1.73. The molecular formula is C12H19N5O2. The summed E-state index contributed by atoms with van der Waals surface area (Å²) in [6.07, 6.45) is 0.957. The minimum atomic E-state index is -0.377. The summed E-state index contributed by atoms with van der Waals surface area (Å²) in [5, 5.41) is 8.12. The molecule has 19 heavy (non-hydrogen) atoms. The van der Waals surface area contributed by atoms with Crippen LogP contribution in [0.5, 0.6) is 0 Å². The summed E-state index contributed by atoms with van der Waals surface area (Å²) < 4.78 is 12.3. The molecule has 0 aliphatic carbocycles. The number of aryl methyl sites for hydroxylation is 2. The first kappa shape index (κ1) is 13.7. The van der Waals surface area contributed by atoms with Gasteiger partial charge in [0, 0.05) is 13.7 Å². The van der Waals surface area contributed by atoms with E-state index in [0.717, 1.165) is 17.8 Å². The molecule has 7 heteroatoms. The summed E-state index contributed by atoms with van der Waals surface area (Å²) in [6.45, 7) is 5.02. The first-order chi connectivity index (χ1) is 9.11. The topological polar surface area (TPSA) is 92.0 Å². The van der Waals surface area contributed by atoms with Crippen LogP contribution in [-0.2, 0) is 11.8 Å². The fourth-order valence-corrected chi connectivity index (χ4v) is 1.73. The van der Waals surface area contributed by atoms with E-state index in [2.05, 4.69) is 15.2 Å². The van der Waals surface area contributed by atoms with Crippen molar-refractivity contribution in [1.82, 2.24) is 19.9 Å². The predicted octanol–water partition coefficient (Wildman–Crippen LogP) is 1.20. The summed E-state index contributed by atoms with van der Waals surface area (Å²) in [5.41, 5.74) is 7.61. The van der Waals surface area contributed by atoms with Crippen molar-refractivity contribution in [2.45, 2.75) is 26.3 Å². The molecule has 1 atom stereocenters. The zero-order chi connectivity index (χ0) is 13.8. The van der Waals surface area contributed by atoms with Gasteiger partial charge in [0.2, 0.25) is 0 Å². The van der Waals surface area contributed by atoms with Gasteiger partial charge in [-0.1, -0.05) is 12.1 Å². The second-order valence-electron chi connectivity index (χ2n) is 4.43. The summed E-state index contributed by atoms with van der Waals surface area (Å²) in [6, 6.07) is 1.51. The zero-order valence-corrected chi connectivity index (χ0v) is 11.5. The average Bonchev–Trinajstić information content (AvgIpc) is 2.96. The van der Waals surface area contributed by atoms with E-state index in [1.807, 2.05) is 27.0 Å². The maximum Gasteiger partial charge on any atom is 0.276 e.